The SMILES string of the molecule is CCNc1ncc(Br)c(NCC(=O)OCC)n1. The Morgan fingerprint density at radius 1 is 1.47 bits per heavy atom. The van der Waals surface area contributed by atoms with E-state index in [1.54, 1.807) is 13.1 Å². The number of aromatic nitrogens is 2. The van der Waals surface area contributed by atoms with E-state index in [1.165, 1.54) is 0 Å². The van der Waals surface area contributed by atoms with Gasteiger partial charge in [-0.3, -0.25) is 4.79 Å². The first-order valence-electron chi connectivity index (χ1n) is 5.33. The first kappa shape index (κ1) is 13.7. The van der Waals surface area contributed by atoms with Crippen LogP contribution in [0.5, 0.6) is 0 Å². The van der Waals surface area contributed by atoms with Crippen LogP contribution in [0.2, 0.25) is 0 Å². The molecular weight excluding hydrogens is 288 g/mol. The van der Waals surface area contributed by atoms with Crippen molar-refractivity contribution in [2.45, 2.75) is 13.8 Å². The lowest BCUT2D eigenvalue weighted by atomic mass is 10.5. The van der Waals surface area contributed by atoms with Gasteiger partial charge in [0, 0.05) is 12.7 Å². The third-order valence-electron chi connectivity index (χ3n) is 1.78. The molecule has 17 heavy (non-hydrogen) atoms. The Morgan fingerprint density at radius 2 is 2.24 bits per heavy atom. The van der Waals surface area contributed by atoms with Crippen molar-refractivity contribution in [2.24, 2.45) is 0 Å². The third kappa shape index (κ3) is 4.56. The Kier molecular flexibility index (Phi) is 5.68. The molecule has 6 nitrogen and oxygen atoms in total. The van der Waals surface area contributed by atoms with Gasteiger partial charge in [-0.05, 0) is 29.8 Å². The van der Waals surface area contributed by atoms with Crippen molar-refractivity contribution in [3.8, 4) is 0 Å². The number of halogens is 1. The van der Waals surface area contributed by atoms with Crippen molar-refractivity contribution in [2.75, 3.05) is 30.3 Å². The largest absolute Gasteiger partial charge is 0.465 e. The molecule has 1 aromatic heterocycles. The molecule has 2 N–H and O–H groups in total. The molecule has 0 radical (unpaired) electrons. The average Bonchev–Trinajstić information content (AvgIpc) is 2.30. The van der Waals surface area contributed by atoms with E-state index in [0.717, 1.165) is 6.54 Å². The van der Waals surface area contributed by atoms with Crippen molar-refractivity contribution in [3.63, 3.8) is 0 Å². The second-order valence-electron chi connectivity index (χ2n) is 3.08. The Balaban J connectivity index is 2.62. The number of rotatable bonds is 6. The number of hydrogen-bond donors (Lipinski definition) is 2. The summed E-state index contributed by atoms with van der Waals surface area (Å²) in [6.07, 6.45) is 1.62. The molecule has 0 spiro atoms. The second-order valence-corrected chi connectivity index (χ2v) is 3.93. The summed E-state index contributed by atoms with van der Waals surface area (Å²) in [5.41, 5.74) is 0. The standard InChI is InChI=1S/C10H15BrN4O2/c1-3-12-10-14-5-7(11)9(15-10)13-6-8(16)17-4-2/h5H,3-4,6H2,1-2H3,(H2,12,13,14,15). The van der Waals surface area contributed by atoms with Crippen LogP contribution < -0.4 is 10.6 Å². The van der Waals surface area contributed by atoms with E-state index < -0.39 is 0 Å². The molecule has 0 aliphatic carbocycles. The fourth-order valence-corrected chi connectivity index (χ4v) is 1.43. The van der Waals surface area contributed by atoms with E-state index >= 15 is 0 Å². The van der Waals surface area contributed by atoms with Crippen molar-refractivity contribution >= 4 is 33.7 Å². The summed E-state index contributed by atoms with van der Waals surface area (Å²) in [5, 5.41) is 5.87. The highest BCUT2D eigenvalue weighted by Gasteiger charge is 2.07. The van der Waals surface area contributed by atoms with Crippen molar-refractivity contribution < 1.29 is 9.53 Å². The molecule has 1 aromatic rings. The number of carbonyl (C=O) groups is 1. The molecule has 0 aliphatic rings. The molecule has 94 valence electrons. The zero-order valence-corrected chi connectivity index (χ0v) is 11.4. The highest BCUT2D eigenvalue weighted by Crippen LogP contribution is 2.19. The Labute approximate surface area is 108 Å². The van der Waals surface area contributed by atoms with Gasteiger partial charge in [-0.25, -0.2) is 4.98 Å². The summed E-state index contributed by atoms with van der Waals surface area (Å²) in [6, 6.07) is 0. The number of ether oxygens (including phenoxy) is 1. The van der Waals surface area contributed by atoms with E-state index in [4.69, 9.17) is 4.74 Å². The molecule has 1 heterocycles. The molecule has 0 aromatic carbocycles. The first-order chi connectivity index (χ1) is 8.17. The molecule has 0 saturated heterocycles. The van der Waals surface area contributed by atoms with Crippen LogP contribution in [0.3, 0.4) is 0 Å². The Bertz CT molecular complexity index is 387. The molecule has 0 bridgehead atoms. The maximum Gasteiger partial charge on any atom is 0.325 e. The summed E-state index contributed by atoms with van der Waals surface area (Å²) in [7, 11) is 0. The smallest absolute Gasteiger partial charge is 0.325 e. The quantitative estimate of drug-likeness (QED) is 0.778. The summed E-state index contributed by atoms with van der Waals surface area (Å²) in [5.74, 6) is 0.758. The van der Waals surface area contributed by atoms with E-state index in [0.29, 0.717) is 22.8 Å². The molecule has 0 fully saturated rings. The summed E-state index contributed by atoms with van der Waals surface area (Å²) < 4.78 is 5.50. The van der Waals surface area contributed by atoms with E-state index in [-0.39, 0.29) is 12.5 Å². The number of nitrogens with one attached hydrogen (secondary N) is 2. The summed E-state index contributed by atoms with van der Waals surface area (Å²) >= 11 is 3.30. The van der Waals surface area contributed by atoms with Gasteiger partial charge < -0.3 is 15.4 Å². The monoisotopic (exact) mass is 302 g/mol. The zero-order chi connectivity index (χ0) is 12.7. The minimum Gasteiger partial charge on any atom is -0.465 e. The van der Waals surface area contributed by atoms with Gasteiger partial charge in [-0.1, -0.05) is 0 Å². The molecule has 0 atom stereocenters. The Morgan fingerprint density at radius 3 is 2.88 bits per heavy atom. The lowest BCUT2D eigenvalue weighted by molar-refractivity contribution is -0.140. The van der Waals surface area contributed by atoms with Crippen LogP contribution in [0, 0.1) is 0 Å². The van der Waals surface area contributed by atoms with Crippen LogP contribution in [0.25, 0.3) is 0 Å². The van der Waals surface area contributed by atoms with Gasteiger partial charge in [-0.2, -0.15) is 4.98 Å². The molecule has 0 aliphatic heterocycles. The van der Waals surface area contributed by atoms with Gasteiger partial charge in [0.25, 0.3) is 0 Å². The van der Waals surface area contributed by atoms with Crippen LogP contribution in [-0.4, -0.2) is 35.6 Å². The lowest BCUT2D eigenvalue weighted by Crippen LogP contribution is -2.18. The van der Waals surface area contributed by atoms with E-state index in [1.807, 2.05) is 6.92 Å². The second kappa shape index (κ2) is 7.05. The van der Waals surface area contributed by atoms with Gasteiger partial charge in [0.15, 0.2) is 0 Å². The van der Waals surface area contributed by atoms with Crippen LogP contribution in [-0.2, 0) is 9.53 Å². The number of carbonyl (C=O) groups excluding carboxylic acids is 1. The van der Waals surface area contributed by atoms with Gasteiger partial charge in [-0.15, -0.1) is 0 Å². The predicted molar refractivity (Wildman–Crippen MR) is 69.0 cm³/mol. The molecule has 1 rings (SSSR count). The van der Waals surface area contributed by atoms with Crippen LogP contribution in [0.15, 0.2) is 10.7 Å². The van der Waals surface area contributed by atoms with E-state index in [2.05, 4.69) is 36.5 Å². The van der Waals surface area contributed by atoms with Gasteiger partial charge in [0.05, 0.1) is 11.1 Å². The van der Waals surface area contributed by atoms with Gasteiger partial charge >= 0.3 is 5.97 Å². The number of nitrogens with zero attached hydrogens (tertiary/aromatic N) is 2. The summed E-state index contributed by atoms with van der Waals surface area (Å²) in [4.78, 5) is 19.5. The normalized spacial score (nSPS) is 9.82. The molecule has 7 heteroatoms. The fraction of sp³-hybridized carbons (Fsp3) is 0.500. The maximum atomic E-state index is 11.2. The predicted octanol–water partition coefficient (Wildman–Crippen LogP) is 1.65. The average molecular weight is 303 g/mol. The van der Waals surface area contributed by atoms with Gasteiger partial charge in [0.2, 0.25) is 5.95 Å². The number of hydrogen-bond acceptors (Lipinski definition) is 6. The lowest BCUT2D eigenvalue weighted by Gasteiger charge is -2.08. The number of anilines is 2. The van der Waals surface area contributed by atoms with Crippen LogP contribution in [0.4, 0.5) is 11.8 Å². The van der Waals surface area contributed by atoms with Crippen molar-refractivity contribution in [1.29, 1.82) is 0 Å². The first-order valence-corrected chi connectivity index (χ1v) is 6.12. The molecule has 0 saturated carbocycles. The fourth-order valence-electron chi connectivity index (χ4n) is 1.10. The zero-order valence-electron chi connectivity index (χ0n) is 9.79. The topological polar surface area (TPSA) is 76.1 Å². The summed E-state index contributed by atoms with van der Waals surface area (Å²) in [6.45, 7) is 4.90. The van der Waals surface area contributed by atoms with Crippen molar-refractivity contribution in [1.82, 2.24) is 9.97 Å². The number of esters is 1. The van der Waals surface area contributed by atoms with Crippen LogP contribution in [0.1, 0.15) is 13.8 Å². The molecule has 0 unspecified atom stereocenters. The highest BCUT2D eigenvalue weighted by molar-refractivity contribution is 9.10. The minimum atomic E-state index is -0.317. The highest BCUT2D eigenvalue weighted by atomic mass is 79.9. The van der Waals surface area contributed by atoms with Gasteiger partial charge in [0.1, 0.15) is 12.4 Å². The molecular formula is C10H15BrN4O2. The third-order valence-corrected chi connectivity index (χ3v) is 2.36. The Hall–Kier alpha value is -1.37. The van der Waals surface area contributed by atoms with E-state index in [9.17, 15) is 4.79 Å². The van der Waals surface area contributed by atoms with Crippen molar-refractivity contribution in [3.05, 3.63) is 10.7 Å². The maximum absolute atomic E-state index is 11.2. The minimum absolute atomic E-state index is 0.0784. The molecule has 0 amide bonds. The van der Waals surface area contributed by atoms with Crippen LogP contribution >= 0.6 is 15.9 Å².